The highest BCUT2D eigenvalue weighted by Crippen LogP contribution is 2.25. The Labute approximate surface area is 159 Å². The molecular formula is C22H24N4O. The van der Waals surface area contributed by atoms with Gasteiger partial charge in [-0.3, -0.25) is 9.78 Å². The first kappa shape index (κ1) is 17.5. The van der Waals surface area contributed by atoms with Crippen molar-refractivity contribution in [3.63, 3.8) is 0 Å². The van der Waals surface area contributed by atoms with E-state index in [0.717, 1.165) is 48.7 Å². The number of rotatable bonds is 4. The molecule has 1 amide bonds. The topological polar surface area (TPSA) is 51.0 Å². The minimum Gasteiger partial charge on any atom is -0.338 e. The third-order valence-electron chi connectivity index (χ3n) is 5.37. The third-order valence-corrected chi connectivity index (χ3v) is 5.37. The zero-order valence-corrected chi connectivity index (χ0v) is 15.8. The number of aromatic nitrogens is 3. The largest absolute Gasteiger partial charge is 0.338 e. The second-order valence-corrected chi connectivity index (χ2v) is 7.30. The number of hydrogen-bond acceptors (Lipinski definition) is 3. The van der Waals surface area contributed by atoms with Gasteiger partial charge in [0, 0.05) is 49.5 Å². The Morgan fingerprint density at radius 3 is 2.74 bits per heavy atom. The molecule has 138 valence electrons. The fraction of sp³-hybridized carbons (Fsp3) is 0.318. The number of carbonyl (C=O) groups excluding carboxylic acids is 1. The van der Waals surface area contributed by atoms with Crippen LogP contribution in [0, 0.1) is 19.8 Å². The Kier molecular flexibility index (Phi) is 4.75. The van der Waals surface area contributed by atoms with Gasteiger partial charge >= 0.3 is 0 Å². The zero-order valence-electron chi connectivity index (χ0n) is 15.8. The molecule has 4 rings (SSSR count). The summed E-state index contributed by atoms with van der Waals surface area (Å²) >= 11 is 0. The van der Waals surface area contributed by atoms with E-state index < -0.39 is 0 Å². The Hall–Kier alpha value is -2.95. The van der Waals surface area contributed by atoms with Crippen LogP contribution in [0.1, 0.15) is 28.0 Å². The first-order valence-electron chi connectivity index (χ1n) is 9.41. The molecule has 1 unspecified atom stereocenters. The second-order valence-electron chi connectivity index (χ2n) is 7.30. The molecule has 27 heavy (non-hydrogen) atoms. The molecule has 1 aliphatic rings. The fourth-order valence-corrected chi connectivity index (χ4v) is 3.79. The summed E-state index contributed by atoms with van der Waals surface area (Å²) in [6, 6.07) is 12.2. The summed E-state index contributed by atoms with van der Waals surface area (Å²) in [6.07, 6.45) is 6.35. The van der Waals surface area contributed by atoms with Crippen molar-refractivity contribution in [3.05, 3.63) is 71.8 Å². The van der Waals surface area contributed by atoms with Crippen LogP contribution in [0.5, 0.6) is 0 Å². The van der Waals surface area contributed by atoms with Gasteiger partial charge in [-0.2, -0.15) is 0 Å². The summed E-state index contributed by atoms with van der Waals surface area (Å²) in [5.74, 6) is 1.52. The Morgan fingerprint density at radius 2 is 1.96 bits per heavy atom. The molecule has 0 radical (unpaired) electrons. The van der Waals surface area contributed by atoms with Crippen molar-refractivity contribution in [1.29, 1.82) is 0 Å². The van der Waals surface area contributed by atoms with Crippen molar-refractivity contribution >= 4 is 5.91 Å². The molecule has 0 aliphatic carbocycles. The van der Waals surface area contributed by atoms with Crippen LogP contribution < -0.4 is 0 Å². The predicted molar refractivity (Wildman–Crippen MR) is 105 cm³/mol. The van der Waals surface area contributed by atoms with Crippen LogP contribution in [0.25, 0.3) is 11.4 Å². The molecule has 0 saturated carbocycles. The van der Waals surface area contributed by atoms with Gasteiger partial charge in [-0.05, 0) is 37.8 Å². The van der Waals surface area contributed by atoms with Crippen molar-refractivity contribution in [3.8, 4) is 11.4 Å². The van der Waals surface area contributed by atoms with Crippen LogP contribution in [-0.4, -0.2) is 38.4 Å². The highest BCUT2D eigenvalue weighted by Gasteiger charge is 2.28. The number of hydrogen-bond donors (Lipinski definition) is 0. The fourth-order valence-electron chi connectivity index (χ4n) is 3.79. The van der Waals surface area contributed by atoms with Gasteiger partial charge in [0.15, 0.2) is 0 Å². The van der Waals surface area contributed by atoms with Gasteiger partial charge in [0.25, 0.3) is 5.91 Å². The molecule has 5 nitrogen and oxygen atoms in total. The second kappa shape index (κ2) is 7.35. The monoisotopic (exact) mass is 360 g/mol. The summed E-state index contributed by atoms with van der Waals surface area (Å²) in [6.45, 7) is 6.51. The van der Waals surface area contributed by atoms with Crippen molar-refractivity contribution in [1.82, 2.24) is 19.4 Å². The minimum absolute atomic E-state index is 0.0914. The number of pyridine rings is 1. The summed E-state index contributed by atoms with van der Waals surface area (Å²) in [5, 5.41) is 0. The number of benzene rings is 1. The molecule has 1 aromatic carbocycles. The van der Waals surface area contributed by atoms with Crippen molar-refractivity contribution < 1.29 is 4.79 Å². The SMILES string of the molecule is Cc1ccncc1C(=O)N1CCC(Cn2c(C)cnc2-c2ccccc2)C1. The quantitative estimate of drug-likeness (QED) is 0.712. The zero-order chi connectivity index (χ0) is 18.8. The molecule has 0 N–H and O–H groups in total. The maximum atomic E-state index is 12.8. The van der Waals surface area contributed by atoms with E-state index in [1.165, 1.54) is 0 Å². The smallest absolute Gasteiger partial charge is 0.255 e. The van der Waals surface area contributed by atoms with Crippen LogP contribution >= 0.6 is 0 Å². The normalized spacial score (nSPS) is 16.7. The Bertz CT molecular complexity index is 948. The summed E-state index contributed by atoms with van der Waals surface area (Å²) < 4.78 is 2.28. The maximum absolute atomic E-state index is 12.8. The van der Waals surface area contributed by atoms with Gasteiger partial charge in [-0.1, -0.05) is 30.3 Å². The molecule has 3 aromatic rings. The lowest BCUT2D eigenvalue weighted by atomic mass is 10.1. The van der Waals surface area contributed by atoms with Crippen LogP contribution in [0.15, 0.2) is 55.0 Å². The van der Waals surface area contributed by atoms with E-state index in [9.17, 15) is 4.79 Å². The van der Waals surface area contributed by atoms with Gasteiger partial charge in [0.05, 0.1) is 5.56 Å². The number of amides is 1. The standard InChI is InChI=1S/C22H24N4O/c1-16-8-10-23-13-20(16)22(27)25-11-9-18(14-25)15-26-17(2)12-24-21(26)19-6-4-3-5-7-19/h3-8,10,12-13,18H,9,11,14-15H2,1-2H3. The highest BCUT2D eigenvalue weighted by atomic mass is 16.2. The predicted octanol–water partition coefficient (Wildman–Crippen LogP) is 3.72. The van der Waals surface area contributed by atoms with E-state index in [-0.39, 0.29) is 5.91 Å². The molecule has 0 bridgehead atoms. The molecular weight excluding hydrogens is 336 g/mol. The lowest BCUT2D eigenvalue weighted by molar-refractivity contribution is 0.0785. The van der Waals surface area contributed by atoms with E-state index in [0.29, 0.717) is 11.5 Å². The van der Waals surface area contributed by atoms with Crippen LogP contribution in [0.4, 0.5) is 0 Å². The summed E-state index contributed by atoms with van der Waals surface area (Å²) in [7, 11) is 0. The van der Waals surface area contributed by atoms with E-state index in [2.05, 4.69) is 33.6 Å². The van der Waals surface area contributed by atoms with Crippen LogP contribution in [-0.2, 0) is 6.54 Å². The average molecular weight is 360 g/mol. The molecule has 1 aliphatic heterocycles. The Morgan fingerprint density at radius 1 is 1.15 bits per heavy atom. The van der Waals surface area contributed by atoms with E-state index in [1.807, 2.05) is 42.3 Å². The lowest BCUT2D eigenvalue weighted by Gasteiger charge is -2.19. The first-order chi connectivity index (χ1) is 13.1. The number of imidazole rings is 1. The molecule has 1 atom stereocenters. The number of carbonyl (C=O) groups is 1. The van der Waals surface area contributed by atoms with Gasteiger partial charge in [0.2, 0.25) is 0 Å². The highest BCUT2D eigenvalue weighted by molar-refractivity contribution is 5.95. The number of aryl methyl sites for hydroxylation is 2. The first-order valence-corrected chi connectivity index (χ1v) is 9.41. The van der Waals surface area contributed by atoms with Crippen LogP contribution in [0.2, 0.25) is 0 Å². The third kappa shape index (κ3) is 3.50. The molecule has 1 saturated heterocycles. The van der Waals surface area contributed by atoms with Crippen molar-refractivity contribution in [2.45, 2.75) is 26.8 Å². The Balaban J connectivity index is 1.49. The molecule has 0 spiro atoms. The van der Waals surface area contributed by atoms with E-state index in [1.54, 1.807) is 12.4 Å². The molecule has 1 fully saturated rings. The number of likely N-dealkylation sites (tertiary alicyclic amines) is 1. The molecule has 3 heterocycles. The van der Waals surface area contributed by atoms with Gasteiger partial charge in [0.1, 0.15) is 5.82 Å². The average Bonchev–Trinajstić information content (AvgIpc) is 3.30. The van der Waals surface area contributed by atoms with Crippen LogP contribution in [0.3, 0.4) is 0 Å². The lowest BCUT2D eigenvalue weighted by Crippen LogP contribution is -2.30. The molecule has 2 aromatic heterocycles. The van der Waals surface area contributed by atoms with Gasteiger partial charge < -0.3 is 9.47 Å². The van der Waals surface area contributed by atoms with Gasteiger partial charge in [-0.15, -0.1) is 0 Å². The van der Waals surface area contributed by atoms with Crippen molar-refractivity contribution in [2.75, 3.05) is 13.1 Å². The van der Waals surface area contributed by atoms with Gasteiger partial charge in [-0.25, -0.2) is 4.98 Å². The summed E-state index contributed by atoms with van der Waals surface area (Å²) in [5.41, 5.74) is 3.97. The maximum Gasteiger partial charge on any atom is 0.255 e. The minimum atomic E-state index is 0.0914. The van der Waals surface area contributed by atoms with Crippen molar-refractivity contribution in [2.24, 2.45) is 5.92 Å². The van der Waals surface area contributed by atoms with E-state index >= 15 is 0 Å². The molecule has 5 heteroatoms. The van der Waals surface area contributed by atoms with E-state index in [4.69, 9.17) is 0 Å². The summed E-state index contributed by atoms with van der Waals surface area (Å²) in [4.78, 5) is 23.5. The number of nitrogens with zero attached hydrogens (tertiary/aromatic N) is 4.